The molecule has 3 rings (SSSR count). The second-order valence-electron chi connectivity index (χ2n) is 9.50. The number of methoxy groups -OCH3 is 1. The fourth-order valence-electron chi connectivity index (χ4n) is 3.82. The molecule has 1 aromatic carbocycles. The zero-order valence-corrected chi connectivity index (χ0v) is 27.0. The number of nitrogens with zero attached hydrogens (tertiary/aromatic N) is 5. The van der Waals surface area contributed by atoms with Crippen molar-refractivity contribution < 1.29 is 49.9 Å². The molecule has 3 amide bonds. The maximum atomic E-state index is 13.9. The van der Waals surface area contributed by atoms with Crippen LogP contribution in [0, 0.1) is 13.8 Å². The van der Waals surface area contributed by atoms with E-state index in [0.29, 0.717) is 11.1 Å². The van der Waals surface area contributed by atoms with Crippen LogP contribution in [0.3, 0.4) is 0 Å². The summed E-state index contributed by atoms with van der Waals surface area (Å²) in [5.41, 5.74) is 9.08. The molecule has 3 aromatic rings. The van der Waals surface area contributed by atoms with Crippen molar-refractivity contribution in [3.63, 3.8) is 0 Å². The molecule has 0 radical (unpaired) electrons. The van der Waals surface area contributed by atoms with Crippen LogP contribution in [0.25, 0.3) is 5.82 Å². The fourth-order valence-corrected chi connectivity index (χ4v) is 4.02. The van der Waals surface area contributed by atoms with E-state index in [9.17, 15) is 45.1 Å². The topological polar surface area (TPSA) is 195 Å². The molecule has 0 unspecified atom stereocenters. The number of aromatic nitrogens is 3. The summed E-state index contributed by atoms with van der Waals surface area (Å²) in [6.07, 6.45) is -6.39. The molecule has 0 bridgehead atoms. The molecule has 0 aliphatic carbocycles. The van der Waals surface area contributed by atoms with Crippen molar-refractivity contribution >= 4 is 41.0 Å². The molecule has 268 valence electrons. The van der Waals surface area contributed by atoms with Crippen LogP contribution in [0.5, 0.6) is 0 Å². The third-order valence-corrected chi connectivity index (χ3v) is 6.29. The van der Waals surface area contributed by atoms with Gasteiger partial charge in [-0.05, 0) is 49.2 Å². The van der Waals surface area contributed by atoms with Crippen molar-refractivity contribution in [3.05, 3.63) is 69.6 Å². The summed E-state index contributed by atoms with van der Waals surface area (Å²) in [7, 11) is 1.06. The number of ether oxygens (including phenoxy) is 1. The maximum absolute atomic E-state index is 13.9. The standard InChI is InChI=1S/C25H24ClF7N10O4.C2H6/c1-11-7-12(2)17(14(8-11)19(44)38-39-22(46)47-3)37-20(45)16-9-13(40-43(16)18-15(26)5-4-6-36-18)10-42(35)41-21(34)23(27,28)24(29,30)25(31,32)33;1-2/h4-9H,10,35H2,1-3H3,(H2,34,41)(H,37,45)(H,38,44)(H,39,46);1-2H3. The van der Waals surface area contributed by atoms with Crippen molar-refractivity contribution in [1.82, 2.24) is 30.7 Å². The average Bonchev–Trinajstić information content (AvgIpc) is 3.44. The highest BCUT2D eigenvalue weighted by Crippen LogP contribution is 2.46. The lowest BCUT2D eigenvalue weighted by atomic mass is 10.0. The van der Waals surface area contributed by atoms with Crippen LogP contribution >= 0.6 is 11.6 Å². The summed E-state index contributed by atoms with van der Waals surface area (Å²) in [6.45, 7) is 6.34. The van der Waals surface area contributed by atoms with Gasteiger partial charge in [0, 0.05) is 6.20 Å². The first-order valence-electron chi connectivity index (χ1n) is 13.7. The number of carbonyl (C=O) groups is 3. The normalized spacial score (nSPS) is 12.0. The van der Waals surface area contributed by atoms with Gasteiger partial charge in [0.05, 0.1) is 35.6 Å². The number of pyridine rings is 1. The van der Waals surface area contributed by atoms with Gasteiger partial charge in [0.25, 0.3) is 11.8 Å². The maximum Gasteiger partial charge on any atom is 0.460 e. The van der Waals surface area contributed by atoms with Gasteiger partial charge in [-0.3, -0.25) is 15.0 Å². The number of amidine groups is 1. The van der Waals surface area contributed by atoms with Crippen molar-refractivity contribution in [2.24, 2.45) is 16.7 Å². The number of benzene rings is 1. The molecular weight excluding hydrogens is 697 g/mol. The monoisotopic (exact) mass is 726 g/mol. The number of halogens is 8. The molecule has 49 heavy (non-hydrogen) atoms. The highest BCUT2D eigenvalue weighted by Gasteiger charge is 2.75. The zero-order valence-electron chi connectivity index (χ0n) is 26.2. The van der Waals surface area contributed by atoms with E-state index < -0.39 is 48.3 Å². The highest BCUT2D eigenvalue weighted by atomic mass is 35.5. The summed E-state index contributed by atoms with van der Waals surface area (Å²) >= 11 is 6.22. The number of aryl methyl sites for hydroxylation is 2. The smallest absolute Gasteiger partial charge is 0.452 e. The van der Waals surface area contributed by atoms with E-state index in [1.165, 1.54) is 24.4 Å². The van der Waals surface area contributed by atoms with Crippen LogP contribution in [0.2, 0.25) is 5.02 Å². The molecule has 14 nitrogen and oxygen atoms in total. The SMILES string of the molecule is CC.COC(=O)NNC(=O)c1cc(C)cc(C)c1NC(=O)c1cc(CN(N)/N=C(\N)C(F)(F)C(F)(F)C(F)(F)F)nn1-c1ncccc1Cl. The van der Waals surface area contributed by atoms with Crippen LogP contribution in [0.4, 0.5) is 41.2 Å². The molecule has 0 spiro atoms. The molecule has 0 aliphatic heterocycles. The molecule has 0 saturated carbocycles. The summed E-state index contributed by atoms with van der Waals surface area (Å²) in [4.78, 5) is 41.9. The average molecular weight is 727 g/mol. The molecule has 2 aromatic heterocycles. The van der Waals surface area contributed by atoms with Gasteiger partial charge in [-0.25, -0.2) is 30.8 Å². The second-order valence-corrected chi connectivity index (χ2v) is 9.91. The van der Waals surface area contributed by atoms with E-state index in [2.05, 4.69) is 30.7 Å². The third kappa shape index (κ3) is 9.04. The molecule has 7 N–H and O–H groups in total. The van der Waals surface area contributed by atoms with Crippen LogP contribution in [-0.4, -0.2) is 68.8 Å². The van der Waals surface area contributed by atoms with E-state index in [1.54, 1.807) is 19.9 Å². The first kappa shape index (κ1) is 40.0. The van der Waals surface area contributed by atoms with Crippen LogP contribution in [0.15, 0.2) is 41.6 Å². The minimum Gasteiger partial charge on any atom is -0.452 e. The summed E-state index contributed by atoms with van der Waals surface area (Å²) in [5, 5.41) is 9.30. The highest BCUT2D eigenvalue weighted by molar-refractivity contribution is 6.32. The fraction of sp³-hybridized carbons (Fsp3) is 0.333. The first-order valence-corrected chi connectivity index (χ1v) is 14.0. The van der Waals surface area contributed by atoms with E-state index >= 15 is 0 Å². The summed E-state index contributed by atoms with van der Waals surface area (Å²) in [6, 6.07) is 6.83. The van der Waals surface area contributed by atoms with Gasteiger partial charge in [-0.2, -0.15) is 35.8 Å². The molecule has 0 fully saturated rings. The second kappa shape index (κ2) is 15.8. The van der Waals surface area contributed by atoms with Gasteiger partial charge in [-0.1, -0.05) is 31.5 Å². The predicted molar refractivity (Wildman–Crippen MR) is 162 cm³/mol. The van der Waals surface area contributed by atoms with Gasteiger partial charge >= 0.3 is 24.1 Å². The molecule has 0 atom stereocenters. The molecule has 0 saturated heterocycles. The van der Waals surface area contributed by atoms with Crippen molar-refractivity contribution in [1.29, 1.82) is 0 Å². The van der Waals surface area contributed by atoms with Crippen molar-refractivity contribution in [2.45, 2.75) is 52.3 Å². The number of alkyl halides is 7. The molecule has 0 aliphatic rings. The predicted octanol–water partition coefficient (Wildman–Crippen LogP) is 4.60. The Hall–Kier alpha value is -5.18. The number of amides is 3. The molecule has 22 heteroatoms. The first-order chi connectivity index (χ1) is 22.7. The largest absolute Gasteiger partial charge is 0.460 e. The summed E-state index contributed by atoms with van der Waals surface area (Å²) in [5.74, 6) is -11.5. The Labute approximate surface area is 278 Å². The van der Waals surface area contributed by atoms with E-state index in [0.717, 1.165) is 17.9 Å². The number of nitrogens with one attached hydrogen (secondary N) is 3. The number of nitrogens with two attached hydrogens (primary N) is 2. The lowest BCUT2D eigenvalue weighted by Gasteiger charge is -2.28. The van der Waals surface area contributed by atoms with E-state index in [-0.39, 0.29) is 38.6 Å². The number of hydrazone groups is 1. The van der Waals surface area contributed by atoms with Crippen LogP contribution in [0.1, 0.15) is 51.5 Å². The molecule has 2 heterocycles. The quantitative estimate of drug-likeness (QED) is 0.0689. The van der Waals surface area contributed by atoms with Crippen LogP contribution < -0.4 is 27.7 Å². The van der Waals surface area contributed by atoms with Crippen molar-refractivity contribution in [2.75, 3.05) is 12.4 Å². The number of hydrogen-bond acceptors (Lipinski definition) is 9. The molecular formula is C27H30ClF7N10O4. The Morgan fingerprint density at radius 3 is 2.24 bits per heavy atom. The Balaban J connectivity index is 0.00000409. The van der Waals surface area contributed by atoms with Gasteiger partial charge in [0.15, 0.2) is 11.7 Å². The van der Waals surface area contributed by atoms with E-state index in [4.69, 9.17) is 23.2 Å². The van der Waals surface area contributed by atoms with Crippen molar-refractivity contribution in [3.8, 4) is 5.82 Å². The zero-order chi connectivity index (χ0) is 37.5. The van der Waals surface area contributed by atoms with E-state index in [1.807, 2.05) is 19.3 Å². The van der Waals surface area contributed by atoms with Gasteiger partial charge < -0.3 is 15.8 Å². The lowest BCUT2D eigenvalue weighted by molar-refractivity contribution is -0.336. The van der Waals surface area contributed by atoms with Gasteiger partial charge in [0.2, 0.25) is 0 Å². The van der Waals surface area contributed by atoms with Gasteiger partial charge in [-0.15, -0.1) is 5.10 Å². The number of hydrogen-bond donors (Lipinski definition) is 5. The number of hydrazine groups is 2. The summed E-state index contributed by atoms with van der Waals surface area (Å²) < 4.78 is 97.6. The number of anilines is 1. The lowest BCUT2D eigenvalue weighted by Crippen LogP contribution is -2.59. The minimum atomic E-state index is -6.67. The minimum absolute atomic E-state index is 0.00897. The third-order valence-electron chi connectivity index (χ3n) is 5.99. The van der Waals surface area contributed by atoms with Gasteiger partial charge in [0.1, 0.15) is 5.69 Å². The van der Waals surface area contributed by atoms with Crippen LogP contribution in [-0.2, 0) is 11.3 Å². The Morgan fingerprint density at radius 2 is 1.67 bits per heavy atom. The Morgan fingerprint density at radius 1 is 1.04 bits per heavy atom. The number of carbonyl (C=O) groups excluding carboxylic acids is 3. The Bertz CT molecular complexity index is 1720. The Kier molecular flexibility index (Phi) is 12.9. The number of rotatable bonds is 9.